The zero-order chi connectivity index (χ0) is 14.7. The van der Waals surface area contributed by atoms with Crippen molar-refractivity contribution in [2.75, 3.05) is 5.32 Å². The molecule has 21 heavy (non-hydrogen) atoms. The number of hydrogen-bond donors (Lipinski definition) is 1. The zero-order valence-corrected chi connectivity index (χ0v) is 11.8. The average molecular weight is 281 g/mol. The third-order valence-electron chi connectivity index (χ3n) is 3.12. The Bertz CT molecular complexity index is 724. The first kappa shape index (κ1) is 13.2. The molecular weight excluding hydrogens is 266 g/mol. The van der Waals surface area contributed by atoms with Crippen LogP contribution in [0.2, 0.25) is 0 Å². The molecule has 0 aliphatic rings. The van der Waals surface area contributed by atoms with Gasteiger partial charge in [-0.3, -0.25) is 9.97 Å². The SMILES string of the molecule is Cc1nccnc1C(C)Nc1cccnc1-n1cncn1. The Hall–Kier alpha value is -2.83. The van der Waals surface area contributed by atoms with Gasteiger partial charge in [-0.2, -0.15) is 5.10 Å². The molecule has 0 saturated carbocycles. The maximum Gasteiger partial charge on any atom is 0.178 e. The van der Waals surface area contributed by atoms with Gasteiger partial charge in [0.1, 0.15) is 12.7 Å². The number of hydrogen-bond acceptors (Lipinski definition) is 6. The molecule has 7 nitrogen and oxygen atoms in total. The molecule has 1 atom stereocenters. The number of aromatic nitrogens is 6. The van der Waals surface area contributed by atoms with E-state index >= 15 is 0 Å². The highest BCUT2D eigenvalue weighted by Gasteiger charge is 2.13. The van der Waals surface area contributed by atoms with Gasteiger partial charge in [0.15, 0.2) is 5.82 Å². The lowest BCUT2D eigenvalue weighted by atomic mass is 10.2. The van der Waals surface area contributed by atoms with Gasteiger partial charge >= 0.3 is 0 Å². The first-order valence-corrected chi connectivity index (χ1v) is 6.60. The van der Waals surface area contributed by atoms with E-state index in [1.165, 1.54) is 6.33 Å². The Balaban J connectivity index is 1.91. The minimum atomic E-state index is 0.00479. The predicted octanol–water partition coefficient (Wildman–Crippen LogP) is 1.93. The molecule has 0 fully saturated rings. The summed E-state index contributed by atoms with van der Waals surface area (Å²) in [5, 5.41) is 7.52. The summed E-state index contributed by atoms with van der Waals surface area (Å²) in [6.07, 6.45) is 8.21. The molecule has 1 unspecified atom stereocenters. The number of anilines is 1. The Morgan fingerprint density at radius 1 is 1.14 bits per heavy atom. The fraction of sp³-hybridized carbons (Fsp3) is 0.214. The van der Waals surface area contributed by atoms with Crippen molar-refractivity contribution in [1.29, 1.82) is 0 Å². The van der Waals surface area contributed by atoms with Gasteiger partial charge < -0.3 is 5.32 Å². The monoisotopic (exact) mass is 281 g/mol. The Morgan fingerprint density at radius 2 is 2.00 bits per heavy atom. The Kier molecular flexibility index (Phi) is 3.55. The van der Waals surface area contributed by atoms with E-state index in [9.17, 15) is 0 Å². The van der Waals surface area contributed by atoms with E-state index in [1.54, 1.807) is 29.6 Å². The van der Waals surface area contributed by atoms with E-state index in [0.29, 0.717) is 5.82 Å². The van der Waals surface area contributed by atoms with Gasteiger partial charge in [0, 0.05) is 18.6 Å². The van der Waals surface area contributed by atoms with E-state index in [4.69, 9.17) is 0 Å². The molecule has 0 amide bonds. The molecule has 3 aromatic heterocycles. The summed E-state index contributed by atoms with van der Waals surface area (Å²) in [7, 11) is 0. The summed E-state index contributed by atoms with van der Waals surface area (Å²) in [5.41, 5.74) is 2.68. The third kappa shape index (κ3) is 2.71. The number of nitrogens with zero attached hydrogens (tertiary/aromatic N) is 6. The van der Waals surface area contributed by atoms with Crippen molar-refractivity contribution in [3.63, 3.8) is 0 Å². The predicted molar refractivity (Wildman–Crippen MR) is 78.0 cm³/mol. The van der Waals surface area contributed by atoms with Crippen LogP contribution in [0.25, 0.3) is 5.82 Å². The van der Waals surface area contributed by atoms with Gasteiger partial charge in [0.05, 0.1) is 23.1 Å². The number of nitrogens with one attached hydrogen (secondary N) is 1. The summed E-state index contributed by atoms with van der Waals surface area (Å²) in [5.74, 6) is 0.698. The third-order valence-corrected chi connectivity index (χ3v) is 3.12. The van der Waals surface area contributed by atoms with Gasteiger partial charge in [0.2, 0.25) is 0 Å². The van der Waals surface area contributed by atoms with Crippen molar-refractivity contribution in [3.8, 4) is 5.82 Å². The number of pyridine rings is 1. The molecule has 3 aromatic rings. The molecule has 0 spiro atoms. The lowest BCUT2D eigenvalue weighted by Gasteiger charge is -2.17. The largest absolute Gasteiger partial charge is 0.374 e. The van der Waals surface area contributed by atoms with Crippen LogP contribution in [0, 0.1) is 6.92 Å². The van der Waals surface area contributed by atoms with Crippen LogP contribution >= 0.6 is 0 Å². The van der Waals surface area contributed by atoms with Crippen molar-refractivity contribution in [1.82, 2.24) is 29.7 Å². The van der Waals surface area contributed by atoms with Gasteiger partial charge in [-0.05, 0) is 26.0 Å². The summed E-state index contributed by atoms with van der Waals surface area (Å²) >= 11 is 0. The number of rotatable bonds is 4. The van der Waals surface area contributed by atoms with Crippen molar-refractivity contribution < 1.29 is 0 Å². The molecule has 0 radical (unpaired) electrons. The highest BCUT2D eigenvalue weighted by Crippen LogP contribution is 2.22. The second-order valence-corrected chi connectivity index (χ2v) is 4.61. The Labute approximate surface area is 122 Å². The quantitative estimate of drug-likeness (QED) is 0.787. The van der Waals surface area contributed by atoms with Crippen molar-refractivity contribution in [2.45, 2.75) is 19.9 Å². The van der Waals surface area contributed by atoms with Gasteiger partial charge in [-0.1, -0.05) is 0 Å². The van der Waals surface area contributed by atoms with E-state index in [0.717, 1.165) is 17.1 Å². The standard InChI is InChI=1S/C14H15N7/c1-10-13(17-7-6-16-10)11(2)20-12-4-3-5-18-14(12)21-9-15-8-19-21/h3-9,11,20H,1-2H3. The maximum absolute atomic E-state index is 4.39. The summed E-state index contributed by atoms with van der Waals surface area (Å²) in [6.45, 7) is 3.98. The molecule has 0 aliphatic carbocycles. The molecule has 0 aliphatic heterocycles. The fourth-order valence-corrected chi connectivity index (χ4v) is 2.15. The van der Waals surface area contributed by atoms with Crippen LogP contribution in [0.3, 0.4) is 0 Å². The molecule has 3 rings (SSSR count). The molecule has 106 valence electrons. The van der Waals surface area contributed by atoms with Crippen LogP contribution < -0.4 is 5.32 Å². The normalized spacial score (nSPS) is 12.1. The molecule has 0 saturated heterocycles. The highest BCUT2D eigenvalue weighted by atomic mass is 15.3. The average Bonchev–Trinajstić information content (AvgIpc) is 3.02. The van der Waals surface area contributed by atoms with Crippen LogP contribution in [-0.4, -0.2) is 29.7 Å². The Morgan fingerprint density at radius 3 is 2.76 bits per heavy atom. The van der Waals surface area contributed by atoms with Crippen molar-refractivity contribution in [3.05, 3.63) is 54.8 Å². The van der Waals surface area contributed by atoms with Crippen LogP contribution in [-0.2, 0) is 0 Å². The smallest absolute Gasteiger partial charge is 0.178 e. The van der Waals surface area contributed by atoms with Crippen molar-refractivity contribution in [2.24, 2.45) is 0 Å². The van der Waals surface area contributed by atoms with Crippen LogP contribution in [0.4, 0.5) is 5.69 Å². The van der Waals surface area contributed by atoms with E-state index in [1.807, 2.05) is 26.0 Å². The van der Waals surface area contributed by atoms with E-state index in [2.05, 4.69) is 30.4 Å². The highest BCUT2D eigenvalue weighted by molar-refractivity contribution is 5.57. The second-order valence-electron chi connectivity index (χ2n) is 4.61. The topological polar surface area (TPSA) is 81.4 Å². The van der Waals surface area contributed by atoms with E-state index in [-0.39, 0.29) is 6.04 Å². The number of aryl methyl sites for hydroxylation is 1. The molecule has 0 aromatic carbocycles. The molecule has 0 bridgehead atoms. The first-order valence-electron chi connectivity index (χ1n) is 6.60. The summed E-state index contributed by atoms with van der Waals surface area (Å²) < 4.78 is 1.62. The summed E-state index contributed by atoms with van der Waals surface area (Å²) in [4.78, 5) is 17.0. The van der Waals surface area contributed by atoms with Gasteiger partial charge in [-0.25, -0.2) is 14.6 Å². The summed E-state index contributed by atoms with van der Waals surface area (Å²) in [6, 6.07) is 3.83. The minimum absolute atomic E-state index is 0.00479. The molecular formula is C14H15N7. The molecule has 7 heteroatoms. The first-order chi connectivity index (χ1) is 10.3. The lowest BCUT2D eigenvalue weighted by molar-refractivity contribution is 0.795. The maximum atomic E-state index is 4.39. The fourth-order valence-electron chi connectivity index (χ4n) is 2.15. The van der Waals surface area contributed by atoms with Gasteiger partial charge in [0.25, 0.3) is 0 Å². The van der Waals surface area contributed by atoms with E-state index < -0.39 is 0 Å². The van der Waals surface area contributed by atoms with Crippen LogP contribution in [0.1, 0.15) is 24.4 Å². The zero-order valence-electron chi connectivity index (χ0n) is 11.8. The van der Waals surface area contributed by atoms with Gasteiger partial charge in [-0.15, -0.1) is 0 Å². The van der Waals surface area contributed by atoms with Crippen LogP contribution in [0.5, 0.6) is 0 Å². The minimum Gasteiger partial charge on any atom is -0.374 e. The van der Waals surface area contributed by atoms with Crippen molar-refractivity contribution >= 4 is 5.69 Å². The lowest BCUT2D eigenvalue weighted by Crippen LogP contribution is -2.13. The van der Waals surface area contributed by atoms with Crippen LogP contribution in [0.15, 0.2) is 43.4 Å². The molecule has 3 heterocycles. The molecule has 1 N–H and O–H groups in total. The second kappa shape index (κ2) is 5.66.